The van der Waals surface area contributed by atoms with Gasteiger partial charge in [0, 0.05) is 6.26 Å². The van der Waals surface area contributed by atoms with Crippen LogP contribution in [0.1, 0.15) is 12.5 Å². The van der Waals surface area contributed by atoms with Crippen LogP contribution in [0.5, 0.6) is 0 Å². The molecule has 0 aromatic heterocycles. The summed E-state index contributed by atoms with van der Waals surface area (Å²) in [5, 5.41) is 18.0. The van der Waals surface area contributed by atoms with E-state index in [1.54, 1.807) is 12.1 Å². The molecule has 0 amide bonds. The zero-order chi connectivity index (χ0) is 11.6. The summed E-state index contributed by atoms with van der Waals surface area (Å²) < 4.78 is 22.6. The maximum atomic E-state index is 11.3. The molecular formula is C9H13BO4S. The van der Waals surface area contributed by atoms with Crippen LogP contribution >= 0.6 is 0 Å². The number of sulfone groups is 1. The third kappa shape index (κ3) is 3.05. The molecule has 6 heteroatoms. The molecule has 1 rings (SSSR count). The lowest BCUT2D eigenvalue weighted by Gasteiger charge is -2.06. The van der Waals surface area contributed by atoms with Crippen LogP contribution in [0.2, 0.25) is 0 Å². The maximum Gasteiger partial charge on any atom is 0.488 e. The Hall–Kier alpha value is -0.845. The lowest BCUT2D eigenvalue weighted by atomic mass is 9.79. The molecule has 0 atom stereocenters. The molecule has 1 aromatic rings. The van der Waals surface area contributed by atoms with Crippen molar-refractivity contribution in [3.8, 4) is 0 Å². The predicted octanol–water partition coefficient (Wildman–Crippen LogP) is -0.668. The van der Waals surface area contributed by atoms with E-state index in [-0.39, 0.29) is 10.4 Å². The highest BCUT2D eigenvalue weighted by Gasteiger charge is 2.16. The number of rotatable bonds is 3. The van der Waals surface area contributed by atoms with Crippen molar-refractivity contribution in [1.29, 1.82) is 0 Å². The largest absolute Gasteiger partial charge is 0.488 e. The van der Waals surface area contributed by atoms with Crippen molar-refractivity contribution in [3.63, 3.8) is 0 Å². The van der Waals surface area contributed by atoms with Crippen LogP contribution in [0.15, 0.2) is 23.1 Å². The molecule has 0 aliphatic rings. The van der Waals surface area contributed by atoms with Crippen molar-refractivity contribution in [3.05, 3.63) is 23.8 Å². The zero-order valence-corrected chi connectivity index (χ0v) is 9.45. The number of hydrogen-bond donors (Lipinski definition) is 2. The monoisotopic (exact) mass is 228 g/mol. The molecule has 15 heavy (non-hydrogen) atoms. The summed E-state index contributed by atoms with van der Waals surface area (Å²) in [4.78, 5) is 0.116. The van der Waals surface area contributed by atoms with Crippen LogP contribution in [0, 0.1) is 0 Å². The summed E-state index contributed by atoms with van der Waals surface area (Å²) >= 11 is 0. The lowest BCUT2D eigenvalue weighted by Crippen LogP contribution is -2.30. The second kappa shape index (κ2) is 4.34. The van der Waals surface area contributed by atoms with E-state index in [2.05, 4.69) is 0 Å². The molecule has 0 heterocycles. The standard InChI is InChI=1S/C9H13BO4S/c1-3-7-4-8(10(11)12)6-9(5-7)15(2,13)14/h4-6,11-12H,3H2,1-2H3. The minimum atomic E-state index is -3.31. The normalized spacial score (nSPS) is 11.5. The van der Waals surface area contributed by atoms with Gasteiger partial charge in [-0.15, -0.1) is 0 Å². The predicted molar refractivity (Wildman–Crippen MR) is 58.8 cm³/mol. The van der Waals surface area contributed by atoms with E-state index in [1.165, 1.54) is 6.07 Å². The molecule has 0 saturated heterocycles. The Balaban J connectivity index is 3.36. The Morgan fingerprint density at radius 2 is 1.87 bits per heavy atom. The second-order valence-corrected chi connectivity index (χ2v) is 5.43. The third-order valence-corrected chi connectivity index (χ3v) is 3.22. The summed E-state index contributed by atoms with van der Waals surface area (Å²) in [6.45, 7) is 1.87. The zero-order valence-electron chi connectivity index (χ0n) is 8.64. The van der Waals surface area contributed by atoms with E-state index in [4.69, 9.17) is 10.0 Å². The van der Waals surface area contributed by atoms with Gasteiger partial charge < -0.3 is 10.0 Å². The molecule has 1 aromatic carbocycles. The molecule has 0 fully saturated rings. The van der Waals surface area contributed by atoms with Gasteiger partial charge >= 0.3 is 7.12 Å². The van der Waals surface area contributed by atoms with Gasteiger partial charge in [-0.25, -0.2) is 8.42 Å². The van der Waals surface area contributed by atoms with Crippen LogP contribution in [0.3, 0.4) is 0 Å². The van der Waals surface area contributed by atoms with E-state index in [1.807, 2.05) is 6.92 Å². The molecule has 4 nitrogen and oxygen atoms in total. The number of hydrogen-bond acceptors (Lipinski definition) is 4. The molecule has 0 aliphatic heterocycles. The average molecular weight is 228 g/mol. The summed E-state index contributed by atoms with van der Waals surface area (Å²) in [5.74, 6) is 0. The number of aryl methyl sites for hydroxylation is 1. The van der Waals surface area contributed by atoms with E-state index in [0.717, 1.165) is 11.8 Å². The van der Waals surface area contributed by atoms with Gasteiger partial charge in [-0.3, -0.25) is 0 Å². The van der Waals surface area contributed by atoms with Crippen molar-refractivity contribution in [2.45, 2.75) is 18.2 Å². The molecule has 0 aliphatic carbocycles. The first-order valence-electron chi connectivity index (χ1n) is 4.54. The van der Waals surface area contributed by atoms with Gasteiger partial charge in [-0.1, -0.05) is 13.0 Å². The summed E-state index contributed by atoms with van der Waals surface area (Å²) in [6.07, 6.45) is 1.73. The summed E-state index contributed by atoms with van der Waals surface area (Å²) in [5.41, 5.74) is 0.968. The Labute approximate surface area is 89.6 Å². The molecular weight excluding hydrogens is 215 g/mol. The van der Waals surface area contributed by atoms with Crippen LogP contribution in [-0.2, 0) is 16.3 Å². The lowest BCUT2D eigenvalue weighted by molar-refractivity contribution is 0.425. The molecule has 0 spiro atoms. The Morgan fingerprint density at radius 1 is 1.27 bits per heavy atom. The Bertz CT molecular complexity index is 453. The Morgan fingerprint density at radius 3 is 2.27 bits per heavy atom. The third-order valence-electron chi connectivity index (χ3n) is 2.12. The van der Waals surface area contributed by atoms with E-state index >= 15 is 0 Å². The second-order valence-electron chi connectivity index (χ2n) is 3.41. The van der Waals surface area contributed by atoms with Gasteiger partial charge in [0.2, 0.25) is 0 Å². The van der Waals surface area contributed by atoms with Gasteiger partial charge in [0.25, 0.3) is 0 Å². The van der Waals surface area contributed by atoms with Crippen LogP contribution < -0.4 is 5.46 Å². The van der Waals surface area contributed by atoms with E-state index < -0.39 is 17.0 Å². The quantitative estimate of drug-likeness (QED) is 0.673. The fraction of sp³-hybridized carbons (Fsp3) is 0.333. The van der Waals surface area contributed by atoms with E-state index in [0.29, 0.717) is 6.42 Å². The molecule has 0 radical (unpaired) electrons. The van der Waals surface area contributed by atoms with Crippen LogP contribution in [0.25, 0.3) is 0 Å². The number of benzene rings is 1. The van der Waals surface area contributed by atoms with Gasteiger partial charge in [-0.05, 0) is 29.6 Å². The van der Waals surface area contributed by atoms with Crippen LogP contribution in [-0.4, -0.2) is 31.8 Å². The maximum absolute atomic E-state index is 11.3. The average Bonchev–Trinajstić information content (AvgIpc) is 2.15. The molecule has 82 valence electrons. The fourth-order valence-electron chi connectivity index (χ4n) is 1.25. The van der Waals surface area contributed by atoms with Crippen molar-refractivity contribution in [2.75, 3.05) is 6.26 Å². The van der Waals surface area contributed by atoms with Gasteiger partial charge in [-0.2, -0.15) is 0 Å². The fourth-order valence-corrected chi connectivity index (χ4v) is 1.97. The van der Waals surface area contributed by atoms with Gasteiger partial charge in [0.15, 0.2) is 9.84 Å². The first-order chi connectivity index (χ1) is 6.84. The Kier molecular flexibility index (Phi) is 3.54. The smallest absolute Gasteiger partial charge is 0.423 e. The van der Waals surface area contributed by atoms with Crippen molar-refractivity contribution < 1.29 is 18.5 Å². The van der Waals surface area contributed by atoms with E-state index in [9.17, 15) is 8.42 Å². The molecule has 2 N–H and O–H groups in total. The first-order valence-corrected chi connectivity index (χ1v) is 6.43. The highest BCUT2D eigenvalue weighted by molar-refractivity contribution is 7.90. The summed E-state index contributed by atoms with van der Waals surface area (Å²) in [6, 6.07) is 4.40. The molecule has 0 saturated carbocycles. The molecule has 0 bridgehead atoms. The van der Waals surface area contributed by atoms with Crippen LogP contribution in [0.4, 0.5) is 0 Å². The highest BCUT2D eigenvalue weighted by atomic mass is 32.2. The van der Waals surface area contributed by atoms with Gasteiger partial charge in [0.1, 0.15) is 0 Å². The van der Waals surface area contributed by atoms with Crippen molar-refractivity contribution in [2.24, 2.45) is 0 Å². The summed E-state index contributed by atoms with van der Waals surface area (Å²) in [7, 11) is -4.96. The molecule has 0 unspecified atom stereocenters. The first kappa shape index (κ1) is 12.2. The highest BCUT2D eigenvalue weighted by Crippen LogP contribution is 2.10. The minimum Gasteiger partial charge on any atom is -0.423 e. The van der Waals surface area contributed by atoms with Gasteiger partial charge in [0.05, 0.1) is 4.90 Å². The van der Waals surface area contributed by atoms with Crippen molar-refractivity contribution in [1.82, 2.24) is 0 Å². The minimum absolute atomic E-state index is 0.116. The van der Waals surface area contributed by atoms with Crippen molar-refractivity contribution >= 4 is 22.4 Å². The topological polar surface area (TPSA) is 74.6 Å². The SMILES string of the molecule is CCc1cc(B(O)O)cc(S(C)(=O)=O)c1.